The monoisotopic (exact) mass is 664 g/mol. The summed E-state index contributed by atoms with van der Waals surface area (Å²) in [5.74, 6) is 0.140. The molecule has 46 heavy (non-hydrogen) atoms. The summed E-state index contributed by atoms with van der Waals surface area (Å²) in [6.45, 7) is 13.9. The first-order valence-corrected chi connectivity index (χ1v) is 16.7. The standard InChI is InChI=1S/C34H47F3N4O4S/c1-21-17-27(18-22(2)39(21)31(43)45-32(3,4)5)44-16-8-9-23-10-13-25(14-11-23)41-30(46)40(29(42)33(41,6)7)26-15-12-24(20-38)28(19-26)34(35,36)37/h12,15,19,21-23,25,27H,8-11,13-14,16-18H2,1-7H3/t21-,22+,23-,25-,27?. The predicted octanol–water partition coefficient (Wildman–Crippen LogP) is 7.82. The van der Waals surface area contributed by atoms with E-state index in [0.29, 0.717) is 12.5 Å². The van der Waals surface area contributed by atoms with E-state index in [1.54, 1.807) is 19.9 Å². The molecule has 2 amide bonds. The summed E-state index contributed by atoms with van der Waals surface area (Å²) in [4.78, 5) is 31.1. The molecule has 1 aromatic rings. The van der Waals surface area contributed by atoms with E-state index in [2.05, 4.69) is 0 Å². The molecule has 1 aliphatic carbocycles. The fourth-order valence-corrected chi connectivity index (χ4v) is 7.86. The highest BCUT2D eigenvalue weighted by Gasteiger charge is 2.52. The maximum atomic E-state index is 13.7. The lowest BCUT2D eigenvalue weighted by Gasteiger charge is -2.42. The second-order valence-corrected chi connectivity index (χ2v) is 14.9. The van der Waals surface area contributed by atoms with Crippen LogP contribution in [0.15, 0.2) is 18.2 Å². The maximum absolute atomic E-state index is 13.7. The normalized spacial score (nSPS) is 27.2. The Kier molecular flexibility index (Phi) is 10.7. The van der Waals surface area contributed by atoms with Gasteiger partial charge in [0.05, 0.1) is 29.0 Å². The molecule has 1 saturated carbocycles. The molecule has 2 saturated heterocycles. The summed E-state index contributed by atoms with van der Waals surface area (Å²) < 4.78 is 52.8. The van der Waals surface area contributed by atoms with Crippen LogP contribution in [0.5, 0.6) is 0 Å². The number of likely N-dealkylation sites (tertiary alicyclic amines) is 1. The molecule has 0 aromatic heterocycles. The molecule has 3 atom stereocenters. The van der Waals surface area contributed by atoms with Crippen molar-refractivity contribution in [3.8, 4) is 6.07 Å². The molecule has 0 bridgehead atoms. The highest BCUT2D eigenvalue weighted by molar-refractivity contribution is 7.80. The van der Waals surface area contributed by atoms with Crippen LogP contribution in [0.1, 0.15) is 111 Å². The number of thiocarbonyl (C=S) groups is 1. The Bertz CT molecular complexity index is 1340. The van der Waals surface area contributed by atoms with Crippen LogP contribution >= 0.6 is 12.2 Å². The van der Waals surface area contributed by atoms with Crippen molar-refractivity contribution >= 4 is 35.0 Å². The second kappa shape index (κ2) is 13.7. The van der Waals surface area contributed by atoms with Crippen LogP contribution in [0.25, 0.3) is 0 Å². The number of hydrogen-bond acceptors (Lipinski definition) is 6. The first-order valence-electron chi connectivity index (χ1n) is 16.3. The Morgan fingerprint density at radius 2 is 1.70 bits per heavy atom. The van der Waals surface area contributed by atoms with E-state index in [9.17, 15) is 28.0 Å². The van der Waals surface area contributed by atoms with E-state index >= 15 is 0 Å². The Morgan fingerprint density at radius 3 is 2.24 bits per heavy atom. The smallest absolute Gasteiger partial charge is 0.417 e. The second-order valence-electron chi connectivity index (χ2n) is 14.6. The van der Waals surface area contributed by atoms with Crippen molar-refractivity contribution in [1.82, 2.24) is 9.80 Å². The minimum Gasteiger partial charge on any atom is -0.444 e. The van der Waals surface area contributed by atoms with Gasteiger partial charge < -0.3 is 19.3 Å². The van der Waals surface area contributed by atoms with E-state index in [-0.39, 0.29) is 47.0 Å². The molecule has 254 valence electrons. The van der Waals surface area contributed by atoms with Crippen molar-refractivity contribution in [3.05, 3.63) is 29.3 Å². The minimum absolute atomic E-state index is 0.00236. The van der Waals surface area contributed by atoms with Gasteiger partial charge in [-0.1, -0.05) is 0 Å². The molecule has 12 heteroatoms. The van der Waals surface area contributed by atoms with Crippen molar-refractivity contribution in [3.63, 3.8) is 0 Å². The van der Waals surface area contributed by atoms with Gasteiger partial charge in [0.2, 0.25) is 0 Å². The number of nitriles is 1. The molecule has 4 rings (SSSR count). The van der Waals surface area contributed by atoms with Crippen LogP contribution in [0, 0.1) is 17.2 Å². The SMILES string of the molecule is C[C@@H]1CC(OCCC[C@H]2CC[C@H](N3C(=S)N(c4ccc(C#N)c(C(F)(F)F)c4)C(=O)C3(C)C)CC2)C[C@H](C)N1C(=O)OC(C)(C)C. The van der Waals surface area contributed by atoms with Gasteiger partial charge in [-0.05, 0) is 136 Å². The Morgan fingerprint density at radius 1 is 1.09 bits per heavy atom. The van der Waals surface area contributed by atoms with Gasteiger partial charge in [-0.15, -0.1) is 0 Å². The van der Waals surface area contributed by atoms with Crippen molar-refractivity contribution in [2.75, 3.05) is 11.5 Å². The lowest BCUT2D eigenvalue weighted by molar-refractivity contribution is -0.137. The summed E-state index contributed by atoms with van der Waals surface area (Å²) >= 11 is 5.73. The molecule has 2 aliphatic heterocycles. The molecule has 0 N–H and O–H groups in total. The van der Waals surface area contributed by atoms with E-state index in [4.69, 9.17) is 21.7 Å². The lowest BCUT2D eigenvalue weighted by Crippen LogP contribution is -2.53. The number of piperidine rings is 1. The zero-order chi connectivity index (χ0) is 34.2. The number of benzene rings is 1. The number of carbonyl (C=O) groups excluding carboxylic acids is 2. The molecule has 2 heterocycles. The fourth-order valence-electron chi connectivity index (χ4n) is 7.30. The number of alkyl halides is 3. The molecule has 8 nitrogen and oxygen atoms in total. The third-order valence-corrected chi connectivity index (χ3v) is 9.85. The van der Waals surface area contributed by atoms with Crippen LogP contribution in [0.2, 0.25) is 0 Å². The average molecular weight is 665 g/mol. The fraction of sp³-hybridized carbons (Fsp3) is 0.706. The Labute approximate surface area is 276 Å². The first-order chi connectivity index (χ1) is 21.3. The van der Waals surface area contributed by atoms with Crippen LogP contribution in [0.4, 0.5) is 23.7 Å². The minimum atomic E-state index is -4.74. The summed E-state index contributed by atoms with van der Waals surface area (Å²) in [6.07, 6.45) is 2.18. The van der Waals surface area contributed by atoms with Crippen LogP contribution in [-0.2, 0) is 20.4 Å². The van der Waals surface area contributed by atoms with Crippen molar-refractivity contribution in [2.24, 2.45) is 5.92 Å². The summed E-state index contributed by atoms with van der Waals surface area (Å²) in [7, 11) is 0. The van der Waals surface area contributed by atoms with Gasteiger partial charge in [0.25, 0.3) is 5.91 Å². The Balaban J connectivity index is 1.27. The Hall–Kier alpha value is -2.91. The third kappa shape index (κ3) is 7.79. The van der Waals surface area contributed by atoms with Gasteiger partial charge in [0, 0.05) is 24.7 Å². The number of amides is 2. The number of anilines is 1. The molecular formula is C34H47F3N4O4S. The van der Waals surface area contributed by atoms with Gasteiger partial charge in [0.15, 0.2) is 5.11 Å². The van der Waals surface area contributed by atoms with Gasteiger partial charge in [-0.3, -0.25) is 9.69 Å². The highest BCUT2D eigenvalue weighted by atomic mass is 32.1. The third-order valence-electron chi connectivity index (χ3n) is 9.47. The zero-order valence-electron chi connectivity index (χ0n) is 27.9. The number of carbonyl (C=O) groups is 2. The van der Waals surface area contributed by atoms with Gasteiger partial charge in [-0.2, -0.15) is 18.4 Å². The molecule has 0 radical (unpaired) electrons. The van der Waals surface area contributed by atoms with Gasteiger partial charge in [0.1, 0.15) is 11.1 Å². The number of hydrogen-bond donors (Lipinski definition) is 0. The lowest BCUT2D eigenvalue weighted by atomic mass is 9.82. The molecule has 0 spiro atoms. The van der Waals surface area contributed by atoms with E-state index < -0.39 is 28.4 Å². The van der Waals surface area contributed by atoms with Gasteiger partial charge in [-0.25, -0.2) is 4.79 Å². The number of rotatable bonds is 7. The predicted molar refractivity (Wildman–Crippen MR) is 173 cm³/mol. The van der Waals surface area contributed by atoms with Crippen molar-refractivity contribution in [2.45, 2.75) is 141 Å². The zero-order valence-corrected chi connectivity index (χ0v) is 28.8. The highest BCUT2D eigenvalue weighted by Crippen LogP contribution is 2.41. The summed E-state index contributed by atoms with van der Waals surface area (Å²) in [6, 6.07) is 4.93. The van der Waals surface area contributed by atoms with Crippen LogP contribution < -0.4 is 4.90 Å². The van der Waals surface area contributed by atoms with Crippen molar-refractivity contribution in [1.29, 1.82) is 5.26 Å². The average Bonchev–Trinajstić information content (AvgIpc) is 3.12. The molecule has 1 unspecified atom stereocenters. The van der Waals surface area contributed by atoms with Crippen LogP contribution in [0.3, 0.4) is 0 Å². The maximum Gasteiger partial charge on any atom is 0.417 e. The quantitative estimate of drug-likeness (QED) is 0.217. The summed E-state index contributed by atoms with van der Waals surface area (Å²) in [5, 5.41) is 9.37. The van der Waals surface area contributed by atoms with E-state index in [1.807, 2.05) is 44.4 Å². The molecule has 3 aliphatic rings. The van der Waals surface area contributed by atoms with E-state index in [1.165, 1.54) is 11.0 Å². The molecule has 1 aromatic carbocycles. The number of nitrogens with zero attached hydrogens (tertiary/aromatic N) is 4. The summed E-state index contributed by atoms with van der Waals surface area (Å²) in [5.41, 5.74) is -3.11. The topological polar surface area (TPSA) is 86.1 Å². The molecular weight excluding hydrogens is 617 g/mol. The van der Waals surface area contributed by atoms with E-state index in [0.717, 1.165) is 63.5 Å². The first kappa shape index (κ1) is 35.9. The van der Waals surface area contributed by atoms with Crippen LogP contribution in [-0.4, -0.2) is 68.9 Å². The largest absolute Gasteiger partial charge is 0.444 e. The van der Waals surface area contributed by atoms with Gasteiger partial charge >= 0.3 is 12.3 Å². The van der Waals surface area contributed by atoms with Crippen molar-refractivity contribution < 1.29 is 32.2 Å². The number of ether oxygens (including phenoxy) is 2. The molecule has 3 fully saturated rings. The number of halogens is 3.